The van der Waals surface area contributed by atoms with E-state index in [1.54, 1.807) is 0 Å². The summed E-state index contributed by atoms with van der Waals surface area (Å²) in [7, 11) is 0. The number of hydrogen-bond donors (Lipinski definition) is 2. The summed E-state index contributed by atoms with van der Waals surface area (Å²) in [5.74, 6) is 0. The summed E-state index contributed by atoms with van der Waals surface area (Å²) in [6, 6.07) is 10.2. The first-order valence-corrected chi connectivity index (χ1v) is 7.36. The van der Waals surface area contributed by atoms with Crippen molar-refractivity contribution in [1.82, 2.24) is 10.2 Å². The van der Waals surface area contributed by atoms with Crippen molar-refractivity contribution in [3.05, 3.63) is 35.9 Å². The molecule has 0 aromatic heterocycles. The average Bonchev–Trinajstić information content (AvgIpc) is 2.49. The van der Waals surface area contributed by atoms with Crippen molar-refractivity contribution in [2.45, 2.75) is 32.7 Å². The highest BCUT2D eigenvalue weighted by Gasteiger charge is 2.28. The van der Waals surface area contributed by atoms with E-state index in [2.05, 4.69) is 43.1 Å². The van der Waals surface area contributed by atoms with Crippen molar-refractivity contribution >= 4 is 0 Å². The van der Waals surface area contributed by atoms with Crippen LogP contribution in [0.1, 0.15) is 32.8 Å². The molecule has 0 bridgehead atoms. The van der Waals surface area contributed by atoms with E-state index in [4.69, 9.17) is 0 Å². The van der Waals surface area contributed by atoms with Gasteiger partial charge in [-0.1, -0.05) is 51.1 Å². The van der Waals surface area contributed by atoms with Crippen molar-refractivity contribution in [1.29, 1.82) is 0 Å². The van der Waals surface area contributed by atoms with Crippen molar-refractivity contribution < 1.29 is 5.11 Å². The molecule has 1 aromatic carbocycles. The zero-order valence-corrected chi connectivity index (χ0v) is 12.5. The molecule has 3 nitrogen and oxygen atoms in total. The zero-order chi connectivity index (χ0) is 14.1. The second kappa shape index (κ2) is 8.31. The first kappa shape index (κ1) is 16.2. The third-order valence-electron chi connectivity index (χ3n) is 3.99. The summed E-state index contributed by atoms with van der Waals surface area (Å²) in [6.07, 6.45) is 0.881. The monoisotopic (exact) mass is 264 g/mol. The lowest BCUT2D eigenvalue weighted by atomic mass is 9.88. The third kappa shape index (κ3) is 4.30. The second-order valence-electron chi connectivity index (χ2n) is 4.91. The van der Waals surface area contributed by atoms with Crippen LogP contribution in [-0.2, 0) is 5.54 Å². The van der Waals surface area contributed by atoms with Gasteiger partial charge in [-0.3, -0.25) is 0 Å². The van der Waals surface area contributed by atoms with Gasteiger partial charge in [-0.15, -0.1) is 0 Å². The van der Waals surface area contributed by atoms with Gasteiger partial charge in [0.25, 0.3) is 0 Å². The third-order valence-corrected chi connectivity index (χ3v) is 3.99. The van der Waals surface area contributed by atoms with E-state index in [-0.39, 0.29) is 12.1 Å². The van der Waals surface area contributed by atoms with Gasteiger partial charge in [0.15, 0.2) is 0 Å². The molecule has 2 N–H and O–H groups in total. The summed E-state index contributed by atoms with van der Waals surface area (Å²) in [4.78, 5) is 2.38. The molecule has 0 saturated heterocycles. The van der Waals surface area contributed by atoms with Gasteiger partial charge in [-0.05, 0) is 25.1 Å². The topological polar surface area (TPSA) is 35.5 Å². The molecule has 1 unspecified atom stereocenters. The number of nitrogens with zero attached hydrogens (tertiary/aromatic N) is 1. The molecule has 1 atom stereocenters. The molecule has 0 spiro atoms. The highest BCUT2D eigenvalue weighted by atomic mass is 16.3. The minimum atomic E-state index is -0.311. The lowest BCUT2D eigenvalue weighted by molar-refractivity contribution is 0.150. The largest absolute Gasteiger partial charge is 0.394 e. The number of hydrogen-bond acceptors (Lipinski definition) is 3. The first-order valence-electron chi connectivity index (χ1n) is 7.36. The van der Waals surface area contributed by atoms with Crippen LogP contribution in [-0.4, -0.2) is 42.8 Å². The first-order chi connectivity index (χ1) is 9.22. The number of benzene rings is 1. The molecule has 108 valence electrons. The van der Waals surface area contributed by atoms with E-state index in [1.807, 2.05) is 18.2 Å². The molecule has 0 fully saturated rings. The minimum absolute atomic E-state index is 0.131. The Morgan fingerprint density at radius 1 is 1.11 bits per heavy atom. The maximum Gasteiger partial charge on any atom is 0.0666 e. The number of aliphatic hydroxyl groups is 1. The van der Waals surface area contributed by atoms with E-state index >= 15 is 0 Å². The maximum atomic E-state index is 9.83. The molecule has 0 aliphatic carbocycles. The Morgan fingerprint density at radius 2 is 1.74 bits per heavy atom. The van der Waals surface area contributed by atoms with Crippen LogP contribution in [0.3, 0.4) is 0 Å². The lowest BCUT2D eigenvalue weighted by Gasteiger charge is -2.33. The fraction of sp³-hybridized carbons (Fsp3) is 0.625. The van der Waals surface area contributed by atoms with Crippen LogP contribution >= 0.6 is 0 Å². The van der Waals surface area contributed by atoms with Crippen LogP contribution in [0.25, 0.3) is 0 Å². The Bertz CT molecular complexity index is 332. The van der Waals surface area contributed by atoms with Gasteiger partial charge in [0.1, 0.15) is 0 Å². The van der Waals surface area contributed by atoms with Crippen molar-refractivity contribution in [2.24, 2.45) is 0 Å². The molecule has 0 heterocycles. The van der Waals surface area contributed by atoms with Gasteiger partial charge in [0, 0.05) is 13.1 Å². The van der Waals surface area contributed by atoms with E-state index in [9.17, 15) is 5.11 Å². The van der Waals surface area contributed by atoms with Gasteiger partial charge in [-0.25, -0.2) is 0 Å². The number of rotatable bonds is 9. The molecule has 19 heavy (non-hydrogen) atoms. The summed E-state index contributed by atoms with van der Waals surface area (Å²) < 4.78 is 0. The number of nitrogens with one attached hydrogen (secondary N) is 1. The molecular weight excluding hydrogens is 236 g/mol. The quantitative estimate of drug-likeness (QED) is 0.718. The SMILES string of the molecule is CCN(CC)CCNC(CC)(CO)c1ccccc1. The van der Waals surface area contributed by atoms with Crippen LogP contribution < -0.4 is 5.32 Å². The van der Waals surface area contributed by atoms with E-state index < -0.39 is 0 Å². The van der Waals surface area contributed by atoms with E-state index in [0.717, 1.165) is 32.6 Å². The molecule has 0 radical (unpaired) electrons. The van der Waals surface area contributed by atoms with Gasteiger partial charge in [0.2, 0.25) is 0 Å². The van der Waals surface area contributed by atoms with Crippen LogP contribution in [0.4, 0.5) is 0 Å². The van der Waals surface area contributed by atoms with Gasteiger partial charge in [-0.2, -0.15) is 0 Å². The standard InChI is InChI=1S/C16H28N2O/c1-4-16(14-19,15-10-8-7-9-11-15)17-12-13-18(5-2)6-3/h7-11,17,19H,4-6,12-14H2,1-3H3. The molecule has 3 heteroatoms. The molecule has 1 rings (SSSR count). The Morgan fingerprint density at radius 3 is 2.21 bits per heavy atom. The van der Waals surface area contributed by atoms with Crippen LogP contribution in [0.15, 0.2) is 30.3 Å². The molecule has 0 aliphatic heterocycles. The summed E-state index contributed by atoms with van der Waals surface area (Å²) in [5.41, 5.74) is 0.855. The Labute approximate surface area is 117 Å². The Hall–Kier alpha value is -0.900. The predicted molar refractivity (Wildman–Crippen MR) is 81.3 cm³/mol. The van der Waals surface area contributed by atoms with Crippen LogP contribution in [0.5, 0.6) is 0 Å². The lowest BCUT2D eigenvalue weighted by Crippen LogP contribution is -2.48. The summed E-state index contributed by atoms with van der Waals surface area (Å²) in [5, 5.41) is 13.4. The second-order valence-corrected chi connectivity index (χ2v) is 4.91. The fourth-order valence-electron chi connectivity index (χ4n) is 2.44. The van der Waals surface area contributed by atoms with Crippen LogP contribution in [0, 0.1) is 0 Å². The van der Waals surface area contributed by atoms with E-state index in [0.29, 0.717) is 0 Å². The number of aliphatic hydroxyl groups excluding tert-OH is 1. The van der Waals surface area contributed by atoms with Crippen LogP contribution in [0.2, 0.25) is 0 Å². The smallest absolute Gasteiger partial charge is 0.0666 e. The fourth-order valence-corrected chi connectivity index (χ4v) is 2.44. The molecule has 0 aliphatic rings. The summed E-state index contributed by atoms with van der Waals surface area (Å²) >= 11 is 0. The summed E-state index contributed by atoms with van der Waals surface area (Å²) in [6.45, 7) is 10.7. The molecule has 1 aromatic rings. The van der Waals surface area contributed by atoms with Crippen molar-refractivity contribution in [3.8, 4) is 0 Å². The van der Waals surface area contributed by atoms with E-state index in [1.165, 1.54) is 5.56 Å². The molecular formula is C16H28N2O. The Kier molecular flexibility index (Phi) is 7.06. The van der Waals surface area contributed by atoms with Crippen molar-refractivity contribution in [3.63, 3.8) is 0 Å². The predicted octanol–water partition coefficient (Wildman–Crippen LogP) is 2.22. The van der Waals surface area contributed by atoms with Gasteiger partial charge < -0.3 is 15.3 Å². The average molecular weight is 264 g/mol. The molecule has 0 amide bonds. The highest BCUT2D eigenvalue weighted by Crippen LogP contribution is 2.24. The highest BCUT2D eigenvalue weighted by molar-refractivity contribution is 5.24. The number of likely N-dealkylation sites (N-methyl/N-ethyl adjacent to an activating group) is 1. The molecule has 0 saturated carbocycles. The van der Waals surface area contributed by atoms with Gasteiger partial charge >= 0.3 is 0 Å². The normalized spacial score (nSPS) is 14.6. The van der Waals surface area contributed by atoms with Gasteiger partial charge in [0.05, 0.1) is 12.1 Å². The maximum absolute atomic E-state index is 9.83. The minimum Gasteiger partial charge on any atom is -0.394 e. The Balaban J connectivity index is 2.67. The zero-order valence-electron chi connectivity index (χ0n) is 12.5. The van der Waals surface area contributed by atoms with Crippen molar-refractivity contribution in [2.75, 3.05) is 32.8 Å².